The molecule has 0 saturated heterocycles. The van der Waals surface area contributed by atoms with Crippen LogP contribution in [0.4, 0.5) is 5.69 Å². The molecule has 1 aromatic rings. The van der Waals surface area contributed by atoms with E-state index in [1.165, 1.54) is 35.7 Å². The van der Waals surface area contributed by atoms with Gasteiger partial charge in [0.25, 0.3) is 0 Å². The second-order valence-corrected chi connectivity index (χ2v) is 6.16. The van der Waals surface area contributed by atoms with Crippen molar-refractivity contribution < 1.29 is 0 Å². The van der Waals surface area contributed by atoms with Crippen LogP contribution in [0.5, 0.6) is 0 Å². The SMILES string of the molecule is Clc1cc(I)ccc1NCC1CCCCC1. The van der Waals surface area contributed by atoms with Gasteiger partial charge in [0.2, 0.25) is 0 Å². The van der Waals surface area contributed by atoms with Gasteiger partial charge in [-0.15, -0.1) is 0 Å². The van der Waals surface area contributed by atoms with E-state index in [1.54, 1.807) is 0 Å². The summed E-state index contributed by atoms with van der Waals surface area (Å²) in [5.74, 6) is 0.837. The molecular formula is C13H17ClIN. The summed E-state index contributed by atoms with van der Waals surface area (Å²) < 4.78 is 1.19. The van der Waals surface area contributed by atoms with Gasteiger partial charge in [0.05, 0.1) is 10.7 Å². The number of hydrogen-bond donors (Lipinski definition) is 1. The third-order valence-corrected chi connectivity index (χ3v) is 4.22. The van der Waals surface area contributed by atoms with E-state index in [-0.39, 0.29) is 0 Å². The summed E-state index contributed by atoms with van der Waals surface area (Å²) in [4.78, 5) is 0. The smallest absolute Gasteiger partial charge is 0.0648 e. The Morgan fingerprint density at radius 2 is 2.00 bits per heavy atom. The Hall–Kier alpha value is 0.0400. The second-order valence-electron chi connectivity index (χ2n) is 4.51. The first-order valence-electron chi connectivity index (χ1n) is 5.94. The molecule has 16 heavy (non-hydrogen) atoms. The predicted molar refractivity (Wildman–Crippen MR) is 79.2 cm³/mol. The van der Waals surface area contributed by atoms with Crippen LogP contribution in [-0.4, -0.2) is 6.54 Å². The standard InChI is InChI=1S/C13H17ClIN/c14-12-8-11(15)6-7-13(12)16-9-10-4-2-1-3-5-10/h6-8,10,16H,1-5,9H2. The van der Waals surface area contributed by atoms with E-state index < -0.39 is 0 Å². The maximum Gasteiger partial charge on any atom is 0.0648 e. The van der Waals surface area contributed by atoms with E-state index in [0.29, 0.717) is 0 Å². The van der Waals surface area contributed by atoms with E-state index in [9.17, 15) is 0 Å². The topological polar surface area (TPSA) is 12.0 Å². The summed E-state index contributed by atoms with van der Waals surface area (Å²) in [5, 5.41) is 4.31. The molecule has 0 radical (unpaired) electrons. The minimum absolute atomic E-state index is 0.836. The molecule has 1 aromatic carbocycles. The average molecular weight is 350 g/mol. The van der Waals surface area contributed by atoms with Crippen molar-refractivity contribution in [3.8, 4) is 0 Å². The fourth-order valence-electron chi connectivity index (χ4n) is 2.28. The molecule has 1 N–H and O–H groups in total. The lowest BCUT2D eigenvalue weighted by Crippen LogP contribution is -2.17. The Balaban J connectivity index is 1.88. The molecule has 0 spiro atoms. The summed E-state index contributed by atoms with van der Waals surface area (Å²) in [5.41, 5.74) is 1.08. The summed E-state index contributed by atoms with van der Waals surface area (Å²) in [6.07, 6.45) is 6.95. The highest BCUT2D eigenvalue weighted by Crippen LogP contribution is 2.27. The molecule has 0 atom stereocenters. The van der Waals surface area contributed by atoms with Crippen LogP contribution in [0.1, 0.15) is 32.1 Å². The van der Waals surface area contributed by atoms with Crippen molar-refractivity contribution in [3.05, 3.63) is 26.8 Å². The Labute approximate surface area is 116 Å². The van der Waals surface area contributed by atoms with Gasteiger partial charge in [-0.1, -0.05) is 30.9 Å². The number of benzene rings is 1. The molecule has 1 aliphatic rings. The van der Waals surface area contributed by atoms with Crippen molar-refractivity contribution in [2.24, 2.45) is 5.92 Å². The minimum atomic E-state index is 0.836. The fourth-order valence-corrected chi connectivity index (χ4v) is 3.20. The lowest BCUT2D eigenvalue weighted by molar-refractivity contribution is 0.373. The van der Waals surface area contributed by atoms with Gasteiger partial charge >= 0.3 is 0 Å². The van der Waals surface area contributed by atoms with Crippen LogP contribution < -0.4 is 5.32 Å². The van der Waals surface area contributed by atoms with Gasteiger partial charge in [-0.25, -0.2) is 0 Å². The second kappa shape index (κ2) is 6.10. The minimum Gasteiger partial charge on any atom is -0.384 e. The van der Waals surface area contributed by atoms with Gasteiger partial charge < -0.3 is 5.32 Å². The number of halogens is 2. The highest BCUT2D eigenvalue weighted by Gasteiger charge is 2.13. The molecule has 0 heterocycles. The van der Waals surface area contributed by atoms with E-state index in [4.69, 9.17) is 11.6 Å². The van der Waals surface area contributed by atoms with Crippen LogP contribution >= 0.6 is 34.2 Å². The van der Waals surface area contributed by atoms with Crippen molar-refractivity contribution >= 4 is 39.9 Å². The number of nitrogens with one attached hydrogen (secondary N) is 1. The molecule has 0 aromatic heterocycles. The van der Waals surface area contributed by atoms with Gasteiger partial charge in [-0.05, 0) is 59.5 Å². The lowest BCUT2D eigenvalue weighted by atomic mass is 9.89. The van der Waals surface area contributed by atoms with Gasteiger partial charge in [-0.3, -0.25) is 0 Å². The van der Waals surface area contributed by atoms with Crippen molar-refractivity contribution in [3.63, 3.8) is 0 Å². The van der Waals surface area contributed by atoms with Gasteiger partial charge in [0, 0.05) is 10.1 Å². The third-order valence-electron chi connectivity index (χ3n) is 3.24. The first-order chi connectivity index (χ1) is 7.75. The highest BCUT2D eigenvalue weighted by molar-refractivity contribution is 14.1. The largest absolute Gasteiger partial charge is 0.384 e. The Morgan fingerprint density at radius 3 is 2.69 bits per heavy atom. The normalized spacial score (nSPS) is 17.4. The summed E-state index contributed by atoms with van der Waals surface area (Å²) >= 11 is 8.46. The van der Waals surface area contributed by atoms with Crippen LogP contribution in [0.25, 0.3) is 0 Å². The monoisotopic (exact) mass is 349 g/mol. The van der Waals surface area contributed by atoms with Crippen LogP contribution in [0.2, 0.25) is 5.02 Å². The zero-order valence-corrected chi connectivity index (χ0v) is 12.2. The van der Waals surface area contributed by atoms with Crippen molar-refractivity contribution in [2.75, 3.05) is 11.9 Å². The summed E-state index contributed by atoms with van der Waals surface area (Å²) in [7, 11) is 0. The maximum atomic E-state index is 6.18. The average Bonchev–Trinajstić information content (AvgIpc) is 2.29. The summed E-state index contributed by atoms with van der Waals surface area (Å²) in [6, 6.07) is 6.17. The molecule has 0 amide bonds. The quantitative estimate of drug-likeness (QED) is 0.762. The number of rotatable bonds is 3. The highest BCUT2D eigenvalue weighted by atomic mass is 127. The zero-order valence-electron chi connectivity index (χ0n) is 9.31. The fraction of sp³-hybridized carbons (Fsp3) is 0.538. The van der Waals surface area contributed by atoms with Crippen LogP contribution in [0, 0.1) is 9.49 Å². The van der Waals surface area contributed by atoms with E-state index in [1.807, 2.05) is 6.07 Å². The molecular weight excluding hydrogens is 333 g/mol. The van der Waals surface area contributed by atoms with Crippen LogP contribution in [-0.2, 0) is 0 Å². The maximum absolute atomic E-state index is 6.18. The first kappa shape index (κ1) is 12.5. The molecule has 2 rings (SSSR count). The van der Waals surface area contributed by atoms with Crippen molar-refractivity contribution in [1.29, 1.82) is 0 Å². The van der Waals surface area contributed by atoms with Gasteiger partial charge in [-0.2, -0.15) is 0 Å². The van der Waals surface area contributed by atoms with E-state index in [2.05, 4.69) is 40.0 Å². The molecule has 0 aliphatic heterocycles. The third kappa shape index (κ3) is 3.52. The van der Waals surface area contributed by atoms with E-state index >= 15 is 0 Å². The number of anilines is 1. The molecule has 0 unspecified atom stereocenters. The molecule has 1 saturated carbocycles. The molecule has 1 fully saturated rings. The lowest BCUT2D eigenvalue weighted by Gasteiger charge is -2.22. The van der Waals surface area contributed by atoms with Crippen LogP contribution in [0.15, 0.2) is 18.2 Å². The molecule has 3 heteroatoms. The predicted octanol–water partition coefficient (Wildman–Crippen LogP) is 4.94. The molecule has 1 aliphatic carbocycles. The van der Waals surface area contributed by atoms with Crippen molar-refractivity contribution in [1.82, 2.24) is 0 Å². The van der Waals surface area contributed by atoms with Gasteiger partial charge in [0.15, 0.2) is 0 Å². The van der Waals surface area contributed by atoms with E-state index in [0.717, 1.165) is 23.2 Å². The number of hydrogen-bond acceptors (Lipinski definition) is 1. The Morgan fingerprint density at radius 1 is 1.25 bits per heavy atom. The van der Waals surface area contributed by atoms with Crippen LogP contribution in [0.3, 0.4) is 0 Å². The summed E-state index contributed by atoms with van der Waals surface area (Å²) in [6.45, 7) is 1.07. The zero-order chi connectivity index (χ0) is 11.4. The van der Waals surface area contributed by atoms with Crippen molar-refractivity contribution in [2.45, 2.75) is 32.1 Å². The molecule has 0 bridgehead atoms. The Kier molecular flexibility index (Phi) is 4.77. The van der Waals surface area contributed by atoms with Gasteiger partial charge in [0.1, 0.15) is 0 Å². The molecule has 1 nitrogen and oxygen atoms in total. The first-order valence-corrected chi connectivity index (χ1v) is 7.40. The molecule has 88 valence electrons. The Bertz CT molecular complexity index is 348.